The van der Waals surface area contributed by atoms with E-state index in [-0.39, 0.29) is 29.1 Å². The number of carbonyl (C=O) groups is 4. The molecular formula is C39H34N2O7. The summed E-state index contributed by atoms with van der Waals surface area (Å²) in [5.41, 5.74) is -0.437. The fourth-order valence-electron chi connectivity index (χ4n) is 6.69. The smallest absolute Gasteiger partial charge is 0.348 e. The third kappa shape index (κ3) is 5.28. The molecule has 9 nitrogen and oxygen atoms in total. The summed E-state index contributed by atoms with van der Waals surface area (Å²) in [5, 5.41) is 12.6. The molecule has 242 valence electrons. The average molecular weight is 643 g/mol. The lowest BCUT2D eigenvalue weighted by molar-refractivity contribution is -0.179. The Labute approximate surface area is 278 Å². The van der Waals surface area contributed by atoms with Crippen molar-refractivity contribution in [2.75, 3.05) is 14.2 Å². The van der Waals surface area contributed by atoms with Crippen LogP contribution in [-0.4, -0.2) is 58.4 Å². The van der Waals surface area contributed by atoms with Gasteiger partial charge in [-0.05, 0) is 23.6 Å². The Morgan fingerprint density at radius 3 is 1.79 bits per heavy atom. The number of methoxy groups -OCH3 is 2. The monoisotopic (exact) mass is 642 g/mol. The second kappa shape index (κ2) is 13.1. The van der Waals surface area contributed by atoms with Crippen molar-refractivity contribution in [1.82, 2.24) is 9.80 Å². The van der Waals surface area contributed by atoms with Crippen molar-refractivity contribution < 1.29 is 33.8 Å². The Morgan fingerprint density at radius 1 is 0.729 bits per heavy atom. The largest absolute Gasteiger partial charge is 0.466 e. The molecule has 2 aliphatic rings. The molecule has 9 heteroatoms. The lowest BCUT2D eigenvalue weighted by Gasteiger charge is -2.52. The summed E-state index contributed by atoms with van der Waals surface area (Å²) in [5.74, 6) is -4.87. The van der Waals surface area contributed by atoms with Crippen LogP contribution in [0.2, 0.25) is 0 Å². The first-order valence-corrected chi connectivity index (χ1v) is 15.4. The van der Waals surface area contributed by atoms with Crippen LogP contribution in [0.25, 0.3) is 0 Å². The van der Waals surface area contributed by atoms with E-state index in [9.17, 15) is 19.5 Å². The number of hydrogen-bond donors (Lipinski definition) is 1. The number of fused-ring (bicyclic) bond motifs is 1. The van der Waals surface area contributed by atoms with Gasteiger partial charge in [-0.1, -0.05) is 121 Å². The van der Waals surface area contributed by atoms with E-state index >= 15 is 4.79 Å². The van der Waals surface area contributed by atoms with Crippen molar-refractivity contribution in [1.29, 1.82) is 0 Å². The normalized spacial score (nSPS) is 20.7. The summed E-state index contributed by atoms with van der Waals surface area (Å²) >= 11 is 0. The lowest BCUT2D eigenvalue weighted by atomic mass is 9.70. The number of amides is 1. The van der Waals surface area contributed by atoms with Crippen LogP contribution in [0.3, 0.4) is 0 Å². The molecule has 2 aliphatic heterocycles. The summed E-state index contributed by atoms with van der Waals surface area (Å²) in [6.45, 7) is 1.88. The Morgan fingerprint density at radius 2 is 1.25 bits per heavy atom. The molecule has 3 atom stereocenters. The van der Waals surface area contributed by atoms with E-state index in [4.69, 9.17) is 9.47 Å². The van der Waals surface area contributed by atoms with Gasteiger partial charge in [-0.25, -0.2) is 9.59 Å². The number of rotatable bonds is 8. The predicted octanol–water partition coefficient (Wildman–Crippen LogP) is 5.32. The zero-order valence-electron chi connectivity index (χ0n) is 26.7. The molecule has 0 bridgehead atoms. The second-order valence-corrected chi connectivity index (χ2v) is 11.6. The van der Waals surface area contributed by atoms with Crippen LogP contribution in [0, 0.1) is 0 Å². The first kappa shape index (κ1) is 32.2. The number of allylic oxidation sites excluding steroid dienone is 1. The Balaban J connectivity index is 1.80. The molecule has 0 unspecified atom stereocenters. The number of ether oxygens (including phenoxy) is 2. The van der Waals surface area contributed by atoms with Gasteiger partial charge in [0.05, 0.1) is 37.3 Å². The van der Waals surface area contributed by atoms with Crippen LogP contribution in [0.5, 0.6) is 0 Å². The number of hydrogen-bond acceptors (Lipinski definition) is 8. The topological polar surface area (TPSA) is 113 Å². The van der Waals surface area contributed by atoms with Gasteiger partial charge in [0.2, 0.25) is 0 Å². The number of aliphatic hydroxyl groups is 1. The van der Waals surface area contributed by atoms with Crippen molar-refractivity contribution >= 4 is 23.6 Å². The first-order chi connectivity index (χ1) is 23.2. The molecule has 48 heavy (non-hydrogen) atoms. The molecule has 6 rings (SSSR count). The van der Waals surface area contributed by atoms with Crippen LogP contribution in [-0.2, 0) is 30.4 Å². The molecule has 4 aromatic carbocycles. The molecule has 1 N–H and O–H groups in total. The van der Waals surface area contributed by atoms with Crippen molar-refractivity contribution in [2.24, 2.45) is 0 Å². The fraction of sp³-hybridized carbons (Fsp3) is 0.179. The lowest BCUT2D eigenvalue weighted by Crippen LogP contribution is -2.65. The van der Waals surface area contributed by atoms with Gasteiger partial charge in [0.15, 0.2) is 5.78 Å². The summed E-state index contributed by atoms with van der Waals surface area (Å²) in [4.78, 5) is 60.6. The van der Waals surface area contributed by atoms with Crippen LogP contribution < -0.4 is 0 Å². The van der Waals surface area contributed by atoms with Gasteiger partial charge in [0.1, 0.15) is 5.82 Å². The van der Waals surface area contributed by atoms with E-state index in [0.717, 1.165) is 12.7 Å². The minimum absolute atomic E-state index is 0.0139. The zero-order valence-corrected chi connectivity index (χ0v) is 26.7. The molecule has 4 aromatic rings. The average Bonchev–Trinajstić information content (AvgIpc) is 3.14. The van der Waals surface area contributed by atoms with Crippen LogP contribution in [0.15, 0.2) is 144 Å². The summed E-state index contributed by atoms with van der Waals surface area (Å²) in [6.07, 6.45) is 0. The van der Waals surface area contributed by atoms with Gasteiger partial charge < -0.3 is 19.5 Å². The number of ketones is 1. The molecule has 0 aromatic heterocycles. The Bertz CT molecular complexity index is 1920. The van der Waals surface area contributed by atoms with Crippen molar-refractivity contribution in [3.05, 3.63) is 166 Å². The molecule has 0 spiro atoms. The van der Waals surface area contributed by atoms with Crippen LogP contribution >= 0.6 is 0 Å². The van der Waals surface area contributed by atoms with Crippen LogP contribution in [0.1, 0.15) is 45.9 Å². The van der Waals surface area contributed by atoms with Crippen molar-refractivity contribution in [2.45, 2.75) is 31.0 Å². The van der Waals surface area contributed by atoms with E-state index in [1.54, 1.807) is 103 Å². The molecule has 1 amide bonds. The summed E-state index contributed by atoms with van der Waals surface area (Å²) < 4.78 is 10.4. The van der Waals surface area contributed by atoms with Gasteiger partial charge >= 0.3 is 11.9 Å². The Kier molecular flexibility index (Phi) is 8.80. The predicted molar refractivity (Wildman–Crippen MR) is 177 cm³/mol. The number of Topliss-reactive ketones (excluding diaryl/α,β-unsaturated/α-hetero) is 1. The van der Waals surface area contributed by atoms with E-state index in [1.807, 2.05) is 30.3 Å². The molecular weight excluding hydrogens is 608 g/mol. The van der Waals surface area contributed by atoms with E-state index in [1.165, 1.54) is 12.0 Å². The van der Waals surface area contributed by atoms with E-state index in [2.05, 4.69) is 0 Å². The van der Waals surface area contributed by atoms with Gasteiger partial charge in [0.25, 0.3) is 11.5 Å². The van der Waals surface area contributed by atoms with Crippen LogP contribution in [0.4, 0.5) is 0 Å². The fourth-order valence-corrected chi connectivity index (χ4v) is 6.69. The van der Waals surface area contributed by atoms with Gasteiger partial charge in [0, 0.05) is 17.8 Å². The highest BCUT2D eigenvalue weighted by molar-refractivity contribution is 6.17. The minimum Gasteiger partial charge on any atom is -0.466 e. The quantitative estimate of drug-likeness (QED) is 0.156. The standard InChI is InChI=1S/C39H34N2O7/c1-25-30(36(43)47-2)33(28-20-12-6-13-21-28)41-35(40(25)24-26-16-8-4-9-17-26)31(34(42)29-22-14-7-15-23-29)32(27-18-10-5-11-19-27)39(46,37(41)44)38(45)48-3/h4-23,32-33,46H,24H2,1-3H3/t32-,33-,39+/m0/s1. The van der Waals surface area contributed by atoms with Crippen molar-refractivity contribution in [3.8, 4) is 0 Å². The minimum atomic E-state index is -2.91. The number of carbonyl (C=O) groups excluding carboxylic acids is 4. The second-order valence-electron chi connectivity index (χ2n) is 11.6. The molecule has 0 radical (unpaired) electrons. The first-order valence-electron chi connectivity index (χ1n) is 15.4. The number of benzene rings is 4. The van der Waals surface area contributed by atoms with Crippen molar-refractivity contribution in [3.63, 3.8) is 0 Å². The molecule has 0 saturated heterocycles. The molecule has 0 fully saturated rings. The highest BCUT2D eigenvalue weighted by atomic mass is 16.5. The maximum absolute atomic E-state index is 15.1. The summed E-state index contributed by atoms with van der Waals surface area (Å²) in [7, 11) is 2.32. The van der Waals surface area contributed by atoms with E-state index in [0.29, 0.717) is 16.8 Å². The maximum atomic E-state index is 15.1. The SMILES string of the molecule is COC(=O)C1=C(C)N(Cc2ccccc2)C2=C(C(=O)c3ccccc3)[C@H](c3ccccc3)[C@](O)(C(=O)OC)C(=O)N2[C@H]1c1ccccc1. The highest BCUT2D eigenvalue weighted by Gasteiger charge is 2.64. The zero-order chi connectivity index (χ0) is 34.0. The highest BCUT2D eigenvalue weighted by Crippen LogP contribution is 2.53. The summed E-state index contributed by atoms with van der Waals surface area (Å²) in [6, 6.07) is 33.9. The van der Waals surface area contributed by atoms with E-state index < -0.39 is 41.2 Å². The third-order valence-electron chi connectivity index (χ3n) is 8.92. The third-order valence-corrected chi connectivity index (χ3v) is 8.92. The van der Waals surface area contributed by atoms with Gasteiger partial charge in [-0.2, -0.15) is 0 Å². The molecule has 0 aliphatic carbocycles. The number of nitrogens with zero attached hydrogens (tertiary/aromatic N) is 2. The molecule has 2 heterocycles. The van der Waals surface area contributed by atoms with Gasteiger partial charge in [-0.15, -0.1) is 0 Å². The number of esters is 2. The Hall–Kier alpha value is -5.80. The molecule has 0 saturated carbocycles. The maximum Gasteiger partial charge on any atom is 0.348 e. The van der Waals surface area contributed by atoms with Gasteiger partial charge in [-0.3, -0.25) is 14.5 Å².